The van der Waals surface area contributed by atoms with Gasteiger partial charge < -0.3 is 5.32 Å². The summed E-state index contributed by atoms with van der Waals surface area (Å²) in [6.07, 6.45) is 1.68. The lowest BCUT2D eigenvalue weighted by atomic mass is 10.2. The first kappa shape index (κ1) is 15.8. The first-order valence-corrected chi connectivity index (χ1v) is 8.01. The van der Waals surface area contributed by atoms with Crippen molar-refractivity contribution in [3.63, 3.8) is 0 Å². The van der Waals surface area contributed by atoms with E-state index in [0.29, 0.717) is 28.6 Å². The van der Waals surface area contributed by atoms with Crippen molar-refractivity contribution in [3.8, 4) is 0 Å². The summed E-state index contributed by atoms with van der Waals surface area (Å²) in [5.41, 5.74) is 1.80. The molecule has 3 aromatic rings. The number of aromatic amines is 1. The molecule has 0 atom stereocenters. The number of hydrogen-bond donors (Lipinski definition) is 3. The van der Waals surface area contributed by atoms with Crippen molar-refractivity contribution in [2.24, 2.45) is 0 Å². The van der Waals surface area contributed by atoms with Gasteiger partial charge in [-0.05, 0) is 12.1 Å². The van der Waals surface area contributed by atoms with Crippen LogP contribution in [0.1, 0.15) is 21.7 Å². The highest BCUT2D eigenvalue weighted by Crippen LogP contribution is 2.17. The number of anilines is 1. The van der Waals surface area contributed by atoms with Crippen LogP contribution < -0.4 is 10.6 Å². The van der Waals surface area contributed by atoms with E-state index in [1.165, 1.54) is 11.3 Å². The molecule has 2 aromatic heterocycles. The van der Waals surface area contributed by atoms with Gasteiger partial charge in [0.1, 0.15) is 5.69 Å². The Kier molecular flexibility index (Phi) is 4.92. The second-order valence-corrected chi connectivity index (χ2v) is 5.74. The summed E-state index contributed by atoms with van der Waals surface area (Å²) in [4.78, 5) is 28.2. The van der Waals surface area contributed by atoms with Crippen LogP contribution in [0.5, 0.6) is 0 Å². The molecule has 1 aromatic carbocycles. The van der Waals surface area contributed by atoms with Crippen LogP contribution in [-0.4, -0.2) is 32.2 Å². The Morgan fingerprint density at radius 2 is 2.00 bits per heavy atom. The Bertz CT molecular complexity index is 816. The van der Waals surface area contributed by atoms with Crippen LogP contribution in [0.15, 0.2) is 41.9 Å². The van der Waals surface area contributed by atoms with E-state index in [0.717, 1.165) is 0 Å². The van der Waals surface area contributed by atoms with Crippen molar-refractivity contribution >= 4 is 28.3 Å². The van der Waals surface area contributed by atoms with Crippen LogP contribution in [0.2, 0.25) is 0 Å². The van der Waals surface area contributed by atoms with Crippen molar-refractivity contribution in [2.45, 2.75) is 13.0 Å². The third-order valence-electron chi connectivity index (χ3n) is 3.08. The number of H-pyrrole nitrogens is 1. The monoisotopic (exact) mass is 342 g/mol. The zero-order valence-electron chi connectivity index (χ0n) is 12.5. The van der Waals surface area contributed by atoms with Crippen LogP contribution in [0.4, 0.5) is 5.13 Å². The second kappa shape index (κ2) is 7.47. The molecule has 3 N–H and O–H groups in total. The number of thiazole rings is 1. The van der Waals surface area contributed by atoms with Crippen molar-refractivity contribution in [1.82, 2.24) is 25.7 Å². The molecule has 0 bridgehead atoms. The Morgan fingerprint density at radius 3 is 2.75 bits per heavy atom. The van der Waals surface area contributed by atoms with Gasteiger partial charge in [-0.15, -0.1) is 11.3 Å². The van der Waals surface area contributed by atoms with Crippen molar-refractivity contribution in [1.29, 1.82) is 0 Å². The molecule has 8 nitrogen and oxygen atoms in total. The predicted molar refractivity (Wildman–Crippen MR) is 88.4 cm³/mol. The second-order valence-electron chi connectivity index (χ2n) is 4.88. The molecule has 2 amide bonds. The van der Waals surface area contributed by atoms with E-state index in [4.69, 9.17) is 0 Å². The summed E-state index contributed by atoms with van der Waals surface area (Å²) in [5.74, 6) is -0.406. The van der Waals surface area contributed by atoms with Crippen LogP contribution in [0, 0.1) is 0 Å². The molecule has 122 valence electrons. The number of aromatic nitrogens is 4. The molecule has 2 heterocycles. The van der Waals surface area contributed by atoms with Crippen LogP contribution in [0.25, 0.3) is 0 Å². The maximum atomic E-state index is 12.0. The molecule has 9 heteroatoms. The molecule has 3 rings (SSSR count). The maximum absolute atomic E-state index is 12.0. The first-order chi connectivity index (χ1) is 11.7. The number of amides is 2. The lowest BCUT2D eigenvalue weighted by Gasteiger charge is -2.01. The van der Waals surface area contributed by atoms with Gasteiger partial charge in [-0.25, -0.2) is 4.98 Å². The number of nitrogens with zero attached hydrogens (tertiary/aromatic N) is 3. The van der Waals surface area contributed by atoms with Crippen LogP contribution in [-0.2, 0) is 17.8 Å². The fourth-order valence-corrected chi connectivity index (χ4v) is 2.64. The highest BCUT2D eigenvalue weighted by molar-refractivity contribution is 7.14. The maximum Gasteiger partial charge on any atom is 0.257 e. The van der Waals surface area contributed by atoms with Crippen molar-refractivity contribution in [3.05, 3.63) is 58.9 Å². The van der Waals surface area contributed by atoms with Gasteiger partial charge in [0.15, 0.2) is 5.13 Å². The van der Waals surface area contributed by atoms with Crippen molar-refractivity contribution < 1.29 is 9.59 Å². The van der Waals surface area contributed by atoms with Crippen LogP contribution in [0.3, 0.4) is 0 Å². The molecule has 0 aliphatic rings. The van der Waals surface area contributed by atoms with Crippen LogP contribution >= 0.6 is 11.3 Å². The van der Waals surface area contributed by atoms with E-state index in [1.807, 2.05) is 6.07 Å². The summed E-state index contributed by atoms with van der Waals surface area (Å²) in [7, 11) is 0. The highest BCUT2D eigenvalue weighted by Gasteiger charge is 2.11. The van der Waals surface area contributed by atoms with E-state index < -0.39 is 0 Å². The summed E-state index contributed by atoms with van der Waals surface area (Å²) >= 11 is 1.28. The molecule has 0 unspecified atom stereocenters. The zero-order chi connectivity index (χ0) is 16.8. The highest BCUT2D eigenvalue weighted by atomic mass is 32.1. The van der Waals surface area contributed by atoms with Gasteiger partial charge in [-0.1, -0.05) is 18.2 Å². The van der Waals surface area contributed by atoms with Gasteiger partial charge in [0.05, 0.1) is 24.9 Å². The minimum Gasteiger partial charge on any atom is -0.350 e. The van der Waals surface area contributed by atoms with E-state index in [-0.39, 0.29) is 18.2 Å². The molecule has 0 aliphatic carbocycles. The normalized spacial score (nSPS) is 10.3. The van der Waals surface area contributed by atoms with Gasteiger partial charge in [0, 0.05) is 10.9 Å². The molecule has 0 saturated heterocycles. The van der Waals surface area contributed by atoms with E-state index in [9.17, 15) is 9.59 Å². The molecular weight excluding hydrogens is 328 g/mol. The Morgan fingerprint density at radius 1 is 1.17 bits per heavy atom. The van der Waals surface area contributed by atoms with Gasteiger partial charge in [0.25, 0.3) is 5.91 Å². The average molecular weight is 342 g/mol. The van der Waals surface area contributed by atoms with E-state index >= 15 is 0 Å². The SMILES string of the molecule is O=C(Cc1csc(NC(=O)c2ccccc2)n1)NCc1cn[nH]n1. The zero-order valence-corrected chi connectivity index (χ0v) is 13.3. The Hall–Kier alpha value is -3.07. The standard InChI is InChI=1S/C15H14N6O2S/c22-13(16-7-12-8-17-21-20-12)6-11-9-24-15(18-11)19-14(23)10-4-2-1-3-5-10/h1-5,8-9H,6-7H2,(H,16,22)(H,17,20,21)(H,18,19,23). The quantitative estimate of drug-likeness (QED) is 0.626. The largest absolute Gasteiger partial charge is 0.350 e. The lowest BCUT2D eigenvalue weighted by molar-refractivity contribution is -0.120. The third-order valence-corrected chi connectivity index (χ3v) is 3.89. The fourth-order valence-electron chi connectivity index (χ4n) is 1.93. The Balaban J connectivity index is 1.51. The molecular formula is C15H14N6O2S. The van der Waals surface area contributed by atoms with Gasteiger partial charge in [0.2, 0.25) is 5.91 Å². The number of rotatable bonds is 6. The predicted octanol–water partition coefficient (Wildman–Crippen LogP) is 1.37. The minimum atomic E-state index is -0.230. The topological polar surface area (TPSA) is 113 Å². The molecule has 0 radical (unpaired) electrons. The summed E-state index contributed by atoms with van der Waals surface area (Å²) in [5, 5.41) is 17.6. The van der Waals surface area contributed by atoms with E-state index in [2.05, 4.69) is 31.0 Å². The summed E-state index contributed by atoms with van der Waals surface area (Å²) in [6.45, 7) is 0.303. The summed E-state index contributed by atoms with van der Waals surface area (Å²) in [6, 6.07) is 8.88. The molecule has 0 aliphatic heterocycles. The number of carbonyl (C=O) groups is 2. The van der Waals surface area contributed by atoms with Crippen molar-refractivity contribution in [2.75, 3.05) is 5.32 Å². The number of nitrogens with one attached hydrogen (secondary N) is 3. The molecule has 24 heavy (non-hydrogen) atoms. The lowest BCUT2D eigenvalue weighted by Crippen LogP contribution is -2.24. The molecule has 0 fully saturated rings. The molecule has 0 saturated carbocycles. The smallest absolute Gasteiger partial charge is 0.257 e. The number of carbonyl (C=O) groups excluding carboxylic acids is 2. The van der Waals surface area contributed by atoms with Gasteiger partial charge in [-0.2, -0.15) is 15.4 Å². The minimum absolute atomic E-state index is 0.134. The third kappa shape index (κ3) is 4.23. The first-order valence-electron chi connectivity index (χ1n) is 7.13. The van der Waals surface area contributed by atoms with Gasteiger partial charge in [-0.3, -0.25) is 14.9 Å². The van der Waals surface area contributed by atoms with Gasteiger partial charge >= 0.3 is 0 Å². The average Bonchev–Trinajstić information content (AvgIpc) is 3.26. The van der Waals surface area contributed by atoms with E-state index in [1.54, 1.807) is 35.8 Å². The summed E-state index contributed by atoms with van der Waals surface area (Å²) < 4.78 is 0. The number of hydrogen-bond acceptors (Lipinski definition) is 6. The molecule has 0 spiro atoms. The number of benzene rings is 1. The fraction of sp³-hybridized carbons (Fsp3) is 0.133. The Labute approximate surface area is 141 Å².